The van der Waals surface area contributed by atoms with Gasteiger partial charge in [-0.3, -0.25) is 19.3 Å². The van der Waals surface area contributed by atoms with E-state index >= 15 is 0 Å². The maximum atomic E-state index is 12.2. The average molecular weight is 653 g/mol. The van der Waals surface area contributed by atoms with E-state index in [0.717, 1.165) is 0 Å². The number of ether oxygens (including phenoxy) is 4. The van der Waals surface area contributed by atoms with Crippen LogP contribution in [0.5, 0.6) is 11.5 Å². The van der Waals surface area contributed by atoms with Crippen LogP contribution in [-0.4, -0.2) is 111 Å². The quantitative estimate of drug-likeness (QED) is 0.0754. The first-order valence-corrected chi connectivity index (χ1v) is 15.1. The van der Waals surface area contributed by atoms with E-state index in [2.05, 4.69) is 5.32 Å². The largest absolute Gasteiger partial charge is 0.493 e. The molecule has 3 rings (SSSR count). The van der Waals surface area contributed by atoms with Crippen LogP contribution < -0.4 is 14.8 Å². The molecule has 2 heterocycles. The molecular formula is C31H44N2O13. The summed E-state index contributed by atoms with van der Waals surface area (Å²) in [5.41, 5.74) is -0.0106. The van der Waals surface area contributed by atoms with E-state index in [1.807, 2.05) is 20.8 Å². The van der Waals surface area contributed by atoms with Crippen molar-refractivity contribution < 1.29 is 63.7 Å². The topological polar surface area (TPSA) is 222 Å². The van der Waals surface area contributed by atoms with E-state index in [-0.39, 0.29) is 42.4 Å². The van der Waals surface area contributed by atoms with Gasteiger partial charge in [0.25, 0.3) is 11.8 Å². The second kappa shape index (κ2) is 16.8. The van der Waals surface area contributed by atoms with Crippen LogP contribution in [0.15, 0.2) is 30.4 Å². The molecule has 3 amide bonds. The third-order valence-electron chi connectivity index (χ3n) is 7.33. The van der Waals surface area contributed by atoms with Crippen LogP contribution in [0.25, 0.3) is 0 Å². The van der Waals surface area contributed by atoms with Crippen LogP contribution in [0.1, 0.15) is 58.4 Å². The van der Waals surface area contributed by atoms with E-state index < -0.39 is 48.4 Å². The molecule has 1 aromatic carbocycles. The summed E-state index contributed by atoms with van der Waals surface area (Å²) >= 11 is 0. The van der Waals surface area contributed by atoms with Gasteiger partial charge in [-0.05, 0) is 31.4 Å². The zero-order chi connectivity index (χ0) is 34.0. The predicted octanol–water partition coefficient (Wildman–Crippen LogP) is 0.209. The Morgan fingerprint density at radius 3 is 2.35 bits per heavy atom. The van der Waals surface area contributed by atoms with Crippen LogP contribution in [0.3, 0.4) is 0 Å². The number of carboxylic acids is 1. The Hall–Kier alpha value is -3.60. The van der Waals surface area contributed by atoms with Crippen molar-refractivity contribution in [2.75, 3.05) is 19.7 Å². The molecule has 0 bridgehead atoms. The van der Waals surface area contributed by atoms with E-state index in [0.29, 0.717) is 50.8 Å². The Bertz CT molecular complexity index is 1230. The fourth-order valence-corrected chi connectivity index (χ4v) is 4.52. The molecule has 0 spiro atoms. The number of hydrogen-bond acceptors (Lipinski definition) is 12. The van der Waals surface area contributed by atoms with Gasteiger partial charge in [-0.15, -0.1) is 0 Å². The summed E-state index contributed by atoms with van der Waals surface area (Å²) < 4.78 is 22.3. The summed E-state index contributed by atoms with van der Waals surface area (Å²) in [6.45, 7) is 6.20. The van der Waals surface area contributed by atoms with Crippen LogP contribution in [0.4, 0.5) is 0 Å². The zero-order valence-electron chi connectivity index (χ0n) is 26.2. The van der Waals surface area contributed by atoms with Crippen molar-refractivity contribution in [1.29, 1.82) is 0 Å². The van der Waals surface area contributed by atoms with Crippen LogP contribution >= 0.6 is 0 Å². The summed E-state index contributed by atoms with van der Waals surface area (Å²) in [5, 5.41) is 52.7. The van der Waals surface area contributed by atoms with Crippen molar-refractivity contribution in [1.82, 2.24) is 10.2 Å². The number of carbonyl (C=O) groups is 4. The summed E-state index contributed by atoms with van der Waals surface area (Å²) in [4.78, 5) is 47.9. The lowest BCUT2D eigenvalue weighted by atomic mass is 9.96. The number of carboxylic acid groups (broad SMARTS) is 1. The lowest BCUT2D eigenvalue weighted by molar-refractivity contribution is -0.271. The molecule has 46 heavy (non-hydrogen) atoms. The van der Waals surface area contributed by atoms with Crippen LogP contribution in [0, 0.1) is 5.41 Å². The number of unbranched alkanes of at least 4 members (excludes halogenated alkanes) is 2. The zero-order valence-corrected chi connectivity index (χ0v) is 26.2. The fourth-order valence-electron chi connectivity index (χ4n) is 4.52. The van der Waals surface area contributed by atoms with Gasteiger partial charge in [0, 0.05) is 48.7 Å². The number of benzene rings is 1. The van der Waals surface area contributed by atoms with Gasteiger partial charge in [-0.1, -0.05) is 27.2 Å². The van der Waals surface area contributed by atoms with Crippen molar-refractivity contribution in [3.8, 4) is 11.5 Å². The number of aliphatic hydroxyl groups is 4. The first-order chi connectivity index (χ1) is 21.7. The standard InChI is InChI=1S/C31H44N2O13/c1-31(2,3)30(42)44-17-18-9-10-19(45-29-26(39)24(37)25(38)27(46-29)28(40)41)16-20(18)43-15-7-13-32-21(34)8-5-4-6-14-33-22(35)11-12-23(33)36/h9-12,16,24-27,29-30,37-39,42H,4-8,13-15,17H2,1-3H3,(H,32,34)(H,40,41)/t24-,25-,26+,27-,29+,30?/m0/s1. The molecular weight excluding hydrogens is 608 g/mol. The predicted molar refractivity (Wildman–Crippen MR) is 159 cm³/mol. The van der Waals surface area contributed by atoms with Gasteiger partial charge >= 0.3 is 5.97 Å². The molecule has 256 valence electrons. The highest BCUT2D eigenvalue weighted by atomic mass is 16.7. The number of hydrogen-bond donors (Lipinski definition) is 6. The highest BCUT2D eigenvalue weighted by Crippen LogP contribution is 2.31. The third-order valence-corrected chi connectivity index (χ3v) is 7.33. The summed E-state index contributed by atoms with van der Waals surface area (Å²) in [5.74, 6) is -1.95. The molecule has 0 saturated carbocycles. The van der Waals surface area contributed by atoms with E-state index in [1.165, 1.54) is 29.2 Å². The molecule has 1 aromatic rings. The second-order valence-electron chi connectivity index (χ2n) is 12.2. The van der Waals surface area contributed by atoms with Gasteiger partial charge < -0.3 is 49.8 Å². The molecule has 0 aliphatic carbocycles. The van der Waals surface area contributed by atoms with E-state index in [9.17, 15) is 44.7 Å². The molecule has 1 unspecified atom stereocenters. The van der Waals surface area contributed by atoms with Crippen molar-refractivity contribution in [3.63, 3.8) is 0 Å². The molecule has 0 radical (unpaired) electrons. The summed E-state index contributed by atoms with van der Waals surface area (Å²) in [7, 11) is 0. The number of aliphatic hydroxyl groups excluding tert-OH is 4. The highest BCUT2D eigenvalue weighted by Gasteiger charge is 2.48. The van der Waals surface area contributed by atoms with Crippen LogP contribution in [0.2, 0.25) is 0 Å². The number of carbonyl (C=O) groups excluding carboxylic acids is 3. The number of imide groups is 1. The Morgan fingerprint density at radius 2 is 1.70 bits per heavy atom. The molecule has 1 fully saturated rings. The molecule has 1 saturated heterocycles. The summed E-state index contributed by atoms with van der Waals surface area (Å²) in [6.07, 6.45) is -4.88. The van der Waals surface area contributed by atoms with Crippen molar-refractivity contribution in [3.05, 3.63) is 35.9 Å². The number of aliphatic carboxylic acids is 1. The molecule has 6 N–H and O–H groups in total. The Morgan fingerprint density at radius 1 is 1.00 bits per heavy atom. The van der Waals surface area contributed by atoms with Gasteiger partial charge in [-0.25, -0.2) is 4.79 Å². The Labute approximate surface area is 266 Å². The Balaban J connectivity index is 1.51. The molecule has 15 nitrogen and oxygen atoms in total. The Kier molecular flexibility index (Phi) is 13.5. The molecule has 15 heteroatoms. The maximum Gasteiger partial charge on any atom is 0.335 e. The smallest absolute Gasteiger partial charge is 0.335 e. The molecule has 2 aliphatic heterocycles. The van der Waals surface area contributed by atoms with Crippen molar-refractivity contribution >= 4 is 23.7 Å². The van der Waals surface area contributed by atoms with Crippen LogP contribution in [-0.2, 0) is 35.3 Å². The van der Waals surface area contributed by atoms with E-state index in [4.69, 9.17) is 18.9 Å². The van der Waals surface area contributed by atoms with Gasteiger partial charge in [-0.2, -0.15) is 0 Å². The van der Waals surface area contributed by atoms with Gasteiger partial charge in [0.05, 0.1) is 13.2 Å². The number of amides is 3. The molecule has 0 aromatic heterocycles. The lowest BCUT2D eigenvalue weighted by Crippen LogP contribution is -2.61. The minimum atomic E-state index is -1.86. The SMILES string of the molecule is CC(C)(C)C(O)OCc1ccc(O[C@@H]2O[C@H](C(=O)O)[C@@H](O)[C@H](O)[C@H]2O)cc1OCCCNC(=O)CCCCCN1C(=O)C=CC1=O. The fraction of sp³-hybridized carbons (Fsp3) is 0.613. The first kappa shape index (κ1) is 36.9. The van der Waals surface area contributed by atoms with Gasteiger partial charge in [0.15, 0.2) is 12.4 Å². The number of nitrogens with one attached hydrogen (secondary N) is 1. The first-order valence-electron chi connectivity index (χ1n) is 15.1. The molecule has 2 aliphatic rings. The number of nitrogens with zero attached hydrogens (tertiary/aromatic N) is 1. The molecule has 6 atom stereocenters. The minimum absolute atomic E-state index is 0.0318. The van der Waals surface area contributed by atoms with E-state index in [1.54, 1.807) is 6.07 Å². The highest BCUT2D eigenvalue weighted by molar-refractivity contribution is 6.12. The second-order valence-corrected chi connectivity index (χ2v) is 12.2. The maximum absolute atomic E-state index is 12.2. The van der Waals surface area contributed by atoms with Gasteiger partial charge in [0.2, 0.25) is 12.2 Å². The average Bonchev–Trinajstić information content (AvgIpc) is 3.31. The normalized spacial score (nSPS) is 23.8. The van der Waals surface area contributed by atoms with Crippen molar-refractivity contribution in [2.45, 2.75) is 96.5 Å². The number of rotatable bonds is 17. The van der Waals surface area contributed by atoms with Gasteiger partial charge in [0.1, 0.15) is 29.8 Å². The third kappa shape index (κ3) is 10.5. The summed E-state index contributed by atoms with van der Waals surface area (Å²) in [6, 6.07) is 4.52. The van der Waals surface area contributed by atoms with Crippen molar-refractivity contribution in [2.24, 2.45) is 5.41 Å². The lowest BCUT2D eigenvalue weighted by Gasteiger charge is -2.38. The monoisotopic (exact) mass is 652 g/mol. The minimum Gasteiger partial charge on any atom is -0.493 e.